The van der Waals surface area contributed by atoms with E-state index in [1.54, 1.807) is 6.92 Å². The maximum absolute atomic E-state index is 11.4. The molecular formula is C11H20N2O. The van der Waals surface area contributed by atoms with Gasteiger partial charge in [-0.15, -0.1) is 0 Å². The van der Waals surface area contributed by atoms with Gasteiger partial charge in [-0.25, -0.2) is 0 Å². The van der Waals surface area contributed by atoms with Crippen LogP contribution in [-0.2, 0) is 4.79 Å². The molecule has 0 bridgehead atoms. The van der Waals surface area contributed by atoms with Crippen LogP contribution in [-0.4, -0.2) is 47.4 Å². The molecule has 0 radical (unpaired) electrons. The maximum Gasteiger partial charge on any atom is 0.219 e. The van der Waals surface area contributed by atoms with E-state index in [1.807, 2.05) is 0 Å². The SMILES string of the molecule is CC(=O)N1CCC2CN(C(C)C)CC21. The van der Waals surface area contributed by atoms with Crippen LogP contribution in [0.2, 0.25) is 0 Å². The smallest absolute Gasteiger partial charge is 0.219 e. The number of carbonyl (C=O) groups excluding carboxylic acids is 1. The van der Waals surface area contributed by atoms with Gasteiger partial charge in [0, 0.05) is 38.6 Å². The summed E-state index contributed by atoms with van der Waals surface area (Å²) in [5.74, 6) is 0.990. The number of amides is 1. The van der Waals surface area contributed by atoms with E-state index in [9.17, 15) is 4.79 Å². The van der Waals surface area contributed by atoms with E-state index < -0.39 is 0 Å². The molecule has 2 saturated heterocycles. The first-order valence-corrected chi connectivity index (χ1v) is 5.61. The zero-order valence-electron chi connectivity index (χ0n) is 9.36. The van der Waals surface area contributed by atoms with Gasteiger partial charge >= 0.3 is 0 Å². The van der Waals surface area contributed by atoms with E-state index in [1.165, 1.54) is 13.0 Å². The number of hydrogen-bond acceptors (Lipinski definition) is 2. The van der Waals surface area contributed by atoms with Gasteiger partial charge in [0.2, 0.25) is 5.91 Å². The van der Waals surface area contributed by atoms with Crippen molar-refractivity contribution in [3.63, 3.8) is 0 Å². The summed E-state index contributed by atoms with van der Waals surface area (Å²) in [6.45, 7) is 9.42. The Morgan fingerprint density at radius 2 is 2.07 bits per heavy atom. The zero-order chi connectivity index (χ0) is 10.3. The topological polar surface area (TPSA) is 23.6 Å². The summed E-state index contributed by atoms with van der Waals surface area (Å²) >= 11 is 0. The van der Waals surface area contributed by atoms with Gasteiger partial charge in [-0.1, -0.05) is 0 Å². The third kappa shape index (κ3) is 1.54. The summed E-state index contributed by atoms with van der Waals surface area (Å²) in [4.78, 5) is 15.9. The van der Waals surface area contributed by atoms with Crippen LogP contribution in [0, 0.1) is 5.92 Å². The molecule has 2 unspecified atom stereocenters. The first-order valence-electron chi connectivity index (χ1n) is 5.61. The molecule has 0 aromatic heterocycles. The van der Waals surface area contributed by atoms with E-state index in [0.717, 1.165) is 19.0 Å². The van der Waals surface area contributed by atoms with E-state index in [2.05, 4.69) is 23.6 Å². The Balaban J connectivity index is 2.03. The molecule has 2 fully saturated rings. The average Bonchev–Trinajstić information content (AvgIpc) is 2.58. The van der Waals surface area contributed by atoms with Crippen molar-refractivity contribution in [2.24, 2.45) is 5.92 Å². The molecule has 3 heteroatoms. The van der Waals surface area contributed by atoms with Crippen molar-refractivity contribution < 1.29 is 4.79 Å². The van der Waals surface area contributed by atoms with Crippen molar-refractivity contribution in [3.8, 4) is 0 Å². The van der Waals surface area contributed by atoms with Crippen molar-refractivity contribution in [3.05, 3.63) is 0 Å². The second-order valence-corrected chi connectivity index (χ2v) is 4.88. The van der Waals surface area contributed by atoms with Crippen molar-refractivity contribution in [2.75, 3.05) is 19.6 Å². The number of fused-ring (bicyclic) bond motifs is 1. The van der Waals surface area contributed by atoms with Gasteiger partial charge in [0.1, 0.15) is 0 Å². The van der Waals surface area contributed by atoms with Crippen molar-refractivity contribution in [1.29, 1.82) is 0 Å². The fourth-order valence-electron chi connectivity index (χ4n) is 2.81. The number of likely N-dealkylation sites (tertiary alicyclic amines) is 2. The standard InChI is InChI=1S/C11H20N2O/c1-8(2)12-6-10-4-5-13(9(3)14)11(10)7-12/h8,10-11H,4-7H2,1-3H3. The Morgan fingerprint density at radius 3 is 2.64 bits per heavy atom. The molecule has 2 aliphatic heterocycles. The fraction of sp³-hybridized carbons (Fsp3) is 0.909. The van der Waals surface area contributed by atoms with Crippen LogP contribution in [0.25, 0.3) is 0 Å². The second kappa shape index (κ2) is 3.54. The quantitative estimate of drug-likeness (QED) is 0.623. The Morgan fingerprint density at radius 1 is 1.36 bits per heavy atom. The highest BCUT2D eigenvalue weighted by molar-refractivity contribution is 5.74. The minimum Gasteiger partial charge on any atom is -0.338 e. The van der Waals surface area contributed by atoms with Crippen molar-refractivity contribution in [2.45, 2.75) is 39.3 Å². The molecule has 0 aromatic carbocycles. The Labute approximate surface area is 86.1 Å². The third-order valence-corrected chi connectivity index (χ3v) is 3.71. The van der Waals surface area contributed by atoms with Gasteiger partial charge in [-0.05, 0) is 26.2 Å². The van der Waals surface area contributed by atoms with Gasteiger partial charge in [-0.3, -0.25) is 9.69 Å². The van der Waals surface area contributed by atoms with Crippen LogP contribution in [0.15, 0.2) is 0 Å². The molecule has 3 nitrogen and oxygen atoms in total. The van der Waals surface area contributed by atoms with E-state index in [0.29, 0.717) is 12.1 Å². The summed E-state index contributed by atoms with van der Waals surface area (Å²) in [7, 11) is 0. The van der Waals surface area contributed by atoms with Crippen LogP contribution in [0.5, 0.6) is 0 Å². The second-order valence-electron chi connectivity index (χ2n) is 4.88. The Kier molecular flexibility index (Phi) is 2.52. The van der Waals surface area contributed by atoms with Crippen LogP contribution < -0.4 is 0 Å². The summed E-state index contributed by atoms with van der Waals surface area (Å²) < 4.78 is 0. The van der Waals surface area contributed by atoms with Crippen LogP contribution in [0.3, 0.4) is 0 Å². The molecule has 80 valence electrons. The number of nitrogens with zero attached hydrogens (tertiary/aromatic N) is 2. The monoisotopic (exact) mass is 196 g/mol. The van der Waals surface area contributed by atoms with Crippen molar-refractivity contribution >= 4 is 5.91 Å². The molecule has 0 aliphatic carbocycles. The molecule has 1 amide bonds. The Hall–Kier alpha value is -0.570. The van der Waals surface area contributed by atoms with Gasteiger partial charge in [-0.2, -0.15) is 0 Å². The molecule has 0 saturated carbocycles. The van der Waals surface area contributed by atoms with Crippen LogP contribution in [0.4, 0.5) is 0 Å². The summed E-state index contributed by atoms with van der Waals surface area (Å²) in [5, 5.41) is 0. The lowest BCUT2D eigenvalue weighted by Gasteiger charge is -2.25. The maximum atomic E-state index is 11.4. The highest BCUT2D eigenvalue weighted by Crippen LogP contribution is 2.32. The molecular weight excluding hydrogens is 176 g/mol. The predicted octanol–water partition coefficient (Wildman–Crippen LogP) is 0.947. The summed E-state index contributed by atoms with van der Waals surface area (Å²) in [6, 6.07) is 1.13. The molecule has 2 aliphatic rings. The average molecular weight is 196 g/mol. The molecule has 14 heavy (non-hydrogen) atoms. The minimum absolute atomic E-state index is 0.253. The largest absolute Gasteiger partial charge is 0.338 e. The van der Waals surface area contributed by atoms with E-state index in [-0.39, 0.29) is 5.91 Å². The van der Waals surface area contributed by atoms with Gasteiger partial charge < -0.3 is 4.90 Å². The molecule has 0 N–H and O–H groups in total. The number of rotatable bonds is 1. The minimum atomic E-state index is 0.253. The Bertz CT molecular complexity index is 239. The molecule has 2 rings (SSSR count). The highest BCUT2D eigenvalue weighted by atomic mass is 16.2. The molecule has 0 aromatic rings. The lowest BCUT2D eigenvalue weighted by Crippen LogP contribution is -2.39. The fourth-order valence-corrected chi connectivity index (χ4v) is 2.81. The number of hydrogen-bond donors (Lipinski definition) is 0. The van der Waals surface area contributed by atoms with Crippen LogP contribution in [0.1, 0.15) is 27.2 Å². The lowest BCUT2D eigenvalue weighted by molar-refractivity contribution is -0.129. The molecule has 2 heterocycles. The number of carbonyl (C=O) groups is 1. The first kappa shape index (κ1) is 9.97. The van der Waals surface area contributed by atoms with Gasteiger partial charge in [0.25, 0.3) is 0 Å². The van der Waals surface area contributed by atoms with Crippen molar-refractivity contribution in [1.82, 2.24) is 9.80 Å². The molecule has 0 spiro atoms. The van der Waals surface area contributed by atoms with Gasteiger partial charge in [0.15, 0.2) is 0 Å². The molecule has 2 atom stereocenters. The highest BCUT2D eigenvalue weighted by Gasteiger charge is 2.42. The zero-order valence-corrected chi connectivity index (χ0v) is 9.36. The predicted molar refractivity (Wildman–Crippen MR) is 56.0 cm³/mol. The van der Waals surface area contributed by atoms with Crippen LogP contribution >= 0.6 is 0 Å². The summed E-state index contributed by atoms with van der Waals surface area (Å²) in [6.07, 6.45) is 1.20. The normalized spacial score (nSPS) is 32.7. The van der Waals surface area contributed by atoms with Gasteiger partial charge in [0.05, 0.1) is 0 Å². The summed E-state index contributed by atoms with van der Waals surface area (Å²) in [5.41, 5.74) is 0. The first-order chi connectivity index (χ1) is 6.59. The lowest BCUT2D eigenvalue weighted by atomic mass is 10.1. The van der Waals surface area contributed by atoms with E-state index >= 15 is 0 Å². The third-order valence-electron chi connectivity index (χ3n) is 3.71. The van der Waals surface area contributed by atoms with E-state index in [4.69, 9.17) is 0 Å².